The maximum absolute atomic E-state index is 12.3. The molecule has 0 aromatic rings. The Labute approximate surface area is 161 Å². The van der Waals surface area contributed by atoms with Crippen molar-refractivity contribution in [3.63, 3.8) is 0 Å². The van der Waals surface area contributed by atoms with Crippen LogP contribution in [0.4, 0.5) is 0 Å². The number of ketones is 1. The van der Waals surface area contributed by atoms with E-state index in [-0.39, 0.29) is 23.7 Å². The molecule has 4 saturated carbocycles. The number of hydrogen-bond acceptors (Lipinski definition) is 3. The highest BCUT2D eigenvalue weighted by atomic mass is 35.5. The standard InChI is InChI=1S/C22H31ClO3/c1-21-8-6-16-15-7-9-22(26,10-11-23)12-14(15)2-3-17(16)18(21)4-5-19(21)20(25)13-24/h14-19,24,26H,2-9,12-13H2,1H3/t14-,15-,16+,17+,18-,19+,21-,22+/m0/s1. The van der Waals surface area contributed by atoms with Gasteiger partial charge in [0.2, 0.25) is 0 Å². The molecule has 4 aliphatic rings. The van der Waals surface area contributed by atoms with Crippen LogP contribution in [0, 0.1) is 52.2 Å². The van der Waals surface area contributed by atoms with Crippen LogP contribution in [-0.4, -0.2) is 28.2 Å². The molecule has 0 amide bonds. The predicted octanol–water partition coefficient (Wildman–Crippen LogP) is 3.75. The zero-order chi connectivity index (χ0) is 18.5. The van der Waals surface area contributed by atoms with Gasteiger partial charge in [-0.1, -0.05) is 12.8 Å². The molecule has 0 radical (unpaired) electrons. The Morgan fingerprint density at radius 1 is 1.08 bits per heavy atom. The van der Waals surface area contributed by atoms with Gasteiger partial charge in [0.05, 0.1) is 0 Å². The summed E-state index contributed by atoms with van der Waals surface area (Å²) in [6, 6.07) is 0. The van der Waals surface area contributed by atoms with Gasteiger partial charge in [0.25, 0.3) is 0 Å². The molecule has 0 aromatic heterocycles. The first-order valence-electron chi connectivity index (χ1n) is 10.4. The van der Waals surface area contributed by atoms with Gasteiger partial charge in [-0.25, -0.2) is 0 Å². The second kappa shape index (κ2) is 6.80. The van der Waals surface area contributed by atoms with E-state index in [2.05, 4.69) is 18.2 Å². The largest absolute Gasteiger partial charge is 0.389 e. The number of aliphatic hydroxyl groups is 2. The van der Waals surface area contributed by atoms with Crippen LogP contribution in [-0.2, 0) is 4.79 Å². The van der Waals surface area contributed by atoms with Gasteiger partial charge in [-0.2, -0.15) is 0 Å². The third-order valence-corrected chi connectivity index (χ3v) is 8.93. The number of aliphatic hydroxyl groups excluding tert-OH is 1. The first-order chi connectivity index (χ1) is 12.4. The average molecular weight is 379 g/mol. The molecule has 4 aliphatic carbocycles. The van der Waals surface area contributed by atoms with E-state index in [1.807, 2.05) is 0 Å². The third kappa shape index (κ3) is 2.84. The van der Waals surface area contributed by atoms with E-state index in [9.17, 15) is 15.0 Å². The molecule has 0 bridgehead atoms. The van der Waals surface area contributed by atoms with Crippen molar-refractivity contribution in [2.24, 2.45) is 40.9 Å². The van der Waals surface area contributed by atoms with Gasteiger partial charge in [-0.05, 0) is 104 Å². The van der Waals surface area contributed by atoms with Gasteiger partial charge in [0.1, 0.15) is 12.2 Å². The van der Waals surface area contributed by atoms with Crippen molar-refractivity contribution < 1.29 is 15.0 Å². The minimum absolute atomic E-state index is 0.0597. The summed E-state index contributed by atoms with van der Waals surface area (Å²) < 4.78 is 0. The van der Waals surface area contributed by atoms with Crippen molar-refractivity contribution in [1.29, 1.82) is 0 Å². The van der Waals surface area contributed by atoms with E-state index in [1.165, 1.54) is 19.3 Å². The highest BCUT2D eigenvalue weighted by Crippen LogP contribution is 2.64. The average Bonchev–Trinajstić information content (AvgIpc) is 2.98. The molecule has 0 unspecified atom stereocenters. The van der Waals surface area contributed by atoms with Crippen molar-refractivity contribution in [2.45, 2.75) is 70.3 Å². The minimum Gasteiger partial charge on any atom is -0.389 e. The molecule has 0 spiro atoms. The van der Waals surface area contributed by atoms with Crippen LogP contribution in [0.1, 0.15) is 64.7 Å². The fourth-order valence-corrected chi connectivity index (χ4v) is 7.89. The first-order valence-corrected chi connectivity index (χ1v) is 10.8. The second-order valence-electron chi connectivity index (χ2n) is 9.73. The van der Waals surface area contributed by atoms with Crippen LogP contribution in [0.15, 0.2) is 0 Å². The van der Waals surface area contributed by atoms with Crippen molar-refractivity contribution >= 4 is 17.4 Å². The summed E-state index contributed by atoms with van der Waals surface area (Å²) in [6.07, 6.45) is 9.38. The van der Waals surface area contributed by atoms with Gasteiger partial charge >= 0.3 is 0 Å². The number of carbonyl (C=O) groups is 1. The summed E-state index contributed by atoms with van der Waals surface area (Å²) in [5, 5.41) is 22.5. The van der Waals surface area contributed by atoms with Crippen molar-refractivity contribution in [1.82, 2.24) is 0 Å². The molecule has 0 aliphatic heterocycles. The Hall–Kier alpha value is -0.560. The number of hydrogen-bond donors (Lipinski definition) is 2. The number of carbonyl (C=O) groups excluding carboxylic acids is 1. The molecule has 0 saturated heterocycles. The SMILES string of the molecule is C[C@]12CC[C@H]3[C@@H](CC[C@H]4C[C@](O)(C#CCl)CC[C@@H]43)[C@@H]1CC[C@@H]2C(=O)CO. The molecule has 4 heteroatoms. The highest BCUT2D eigenvalue weighted by molar-refractivity contribution is 6.30. The van der Waals surface area contributed by atoms with E-state index in [0.717, 1.165) is 50.4 Å². The van der Waals surface area contributed by atoms with E-state index >= 15 is 0 Å². The van der Waals surface area contributed by atoms with Crippen LogP contribution < -0.4 is 0 Å². The fraction of sp³-hybridized carbons (Fsp3) is 0.864. The molecule has 144 valence electrons. The van der Waals surface area contributed by atoms with Gasteiger partial charge in [0.15, 0.2) is 5.78 Å². The zero-order valence-corrected chi connectivity index (χ0v) is 16.5. The summed E-state index contributed by atoms with van der Waals surface area (Å²) >= 11 is 5.57. The zero-order valence-electron chi connectivity index (χ0n) is 15.7. The van der Waals surface area contributed by atoms with Crippen molar-refractivity contribution in [3.8, 4) is 11.3 Å². The van der Waals surface area contributed by atoms with E-state index < -0.39 is 5.60 Å². The normalized spacial score (nSPS) is 50.0. The second-order valence-corrected chi connectivity index (χ2v) is 9.92. The van der Waals surface area contributed by atoms with Crippen molar-refractivity contribution in [3.05, 3.63) is 0 Å². The van der Waals surface area contributed by atoms with E-state index in [4.69, 9.17) is 11.6 Å². The lowest BCUT2D eigenvalue weighted by Crippen LogP contribution is -2.51. The summed E-state index contributed by atoms with van der Waals surface area (Å²) in [4.78, 5) is 12.3. The van der Waals surface area contributed by atoms with E-state index in [1.54, 1.807) is 0 Å². The topological polar surface area (TPSA) is 57.5 Å². The Kier molecular flexibility index (Phi) is 4.91. The fourth-order valence-electron chi connectivity index (χ4n) is 7.72. The first kappa shape index (κ1) is 18.8. The lowest BCUT2D eigenvalue weighted by atomic mass is 9.49. The monoisotopic (exact) mass is 378 g/mol. The Morgan fingerprint density at radius 3 is 2.58 bits per heavy atom. The molecule has 8 atom stereocenters. The Morgan fingerprint density at radius 2 is 1.85 bits per heavy atom. The molecule has 4 fully saturated rings. The van der Waals surface area contributed by atoms with Gasteiger partial charge < -0.3 is 10.2 Å². The van der Waals surface area contributed by atoms with Crippen LogP contribution in [0.25, 0.3) is 0 Å². The molecule has 4 rings (SSSR count). The minimum atomic E-state index is -0.884. The summed E-state index contributed by atoms with van der Waals surface area (Å²) in [7, 11) is 0. The van der Waals surface area contributed by atoms with Gasteiger partial charge in [0, 0.05) is 11.3 Å². The number of Topliss-reactive ketones (excluding diaryl/α,β-unsaturated/α-hetero) is 1. The predicted molar refractivity (Wildman–Crippen MR) is 101 cm³/mol. The van der Waals surface area contributed by atoms with E-state index in [0.29, 0.717) is 17.8 Å². The number of rotatable bonds is 2. The van der Waals surface area contributed by atoms with Gasteiger partial charge in [-0.15, -0.1) is 0 Å². The molecular formula is C22H31ClO3. The van der Waals surface area contributed by atoms with Crippen molar-refractivity contribution in [2.75, 3.05) is 6.61 Å². The Bertz CT molecular complexity index is 637. The van der Waals surface area contributed by atoms with Crippen LogP contribution >= 0.6 is 11.6 Å². The van der Waals surface area contributed by atoms with Gasteiger partial charge in [-0.3, -0.25) is 4.79 Å². The summed E-state index contributed by atoms with van der Waals surface area (Å²) in [5.74, 6) is 6.31. The quantitative estimate of drug-likeness (QED) is 0.719. The molecule has 2 N–H and O–H groups in total. The molecule has 0 aromatic carbocycles. The molecule has 26 heavy (non-hydrogen) atoms. The third-order valence-electron chi connectivity index (χ3n) is 8.83. The molecule has 3 nitrogen and oxygen atoms in total. The van der Waals surface area contributed by atoms with Crippen LogP contribution in [0.2, 0.25) is 0 Å². The lowest BCUT2D eigenvalue weighted by Gasteiger charge is -2.56. The number of fused-ring (bicyclic) bond motifs is 5. The van der Waals surface area contributed by atoms with Crippen LogP contribution in [0.3, 0.4) is 0 Å². The lowest BCUT2D eigenvalue weighted by molar-refractivity contribution is -0.134. The molecule has 0 heterocycles. The maximum atomic E-state index is 12.3. The Balaban J connectivity index is 1.52. The smallest absolute Gasteiger partial charge is 0.161 e. The summed E-state index contributed by atoms with van der Waals surface area (Å²) in [5.41, 5.74) is -0.793. The maximum Gasteiger partial charge on any atom is 0.161 e. The molecular weight excluding hydrogens is 348 g/mol. The van der Waals surface area contributed by atoms with Crippen LogP contribution in [0.5, 0.6) is 0 Å². The number of halogens is 1. The highest BCUT2D eigenvalue weighted by Gasteiger charge is 2.58. The summed E-state index contributed by atoms with van der Waals surface area (Å²) in [6.45, 7) is 2.02.